The second-order valence-corrected chi connectivity index (χ2v) is 15.5. The average molecular weight is 778 g/mol. The number of likely N-dealkylation sites (N-methyl/N-ethyl adjacent to an activating group) is 2. The summed E-state index contributed by atoms with van der Waals surface area (Å²) >= 11 is 0. The van der Waals surface area contributed by atoms with Gasteiger partial charge < -0.3 is 49.3 Å². The van der Waals surface area contributed by atoms with Gasteiger partial charge in [-0.3, -0.25) is 4.57 Å². The van der Waals surface area contributed by atoms with Gasteiger partial charge in [0.1, 0.15) is 42.8 Å². The van der Waals surface area contributed by atoms with Crippen LogP contribution in [0.3, 0.4) is 0 Å². The first-order chi connectivity index (χ1) is 25.6. The molecule has 0 spiro atoms. The number of carboxylic acid groups (broad SMARTS) is 1. The number of anilines is 1. The Morgan fingerprint density at radius 3 is 2.33 bits per heavy atom. The standard InChI is InChI=1S/C34H47N7O12S/c1-35-54(49,50)18-20-9-11-22(12-10-20)40(4)29-23-13-14-41(30(23)37-19-36-29)33(47)38(2)15-16-39(3)34(48)51-17-21-7-5-6-8-24(21)52-32-27(44)25(42)26(43)28(53-32)31(45)46/h5-8,13-14,19-20,22,25-28,32,35,42-44H,9-12,15-18H2,1-4H3,(H,45,46)/t20?,22?,25-,26-,27+,28-,32+/m0/s1. The van der Waals surface area contributed by atoms with Gasteiger partial charge in [-0.25, -0.2) is 37.5 Å². The third-order valence-corrected chi connectivity index (χ3v) is 11.5. The maximum absolute atomic E-state index is 13.5. The summed E-state index contributed by atoms with van der Waals surface area (Å²) in [5.41, 5.74) is 0.760. The highest BCUT2D eigenvalue weighted by Crippen LogP contribution is 2.33. The van der Waals surface area contributed by atoms with Crippen LogP contribution in [0.4, 0.5) is 15.4 Å². The minimum Gasteiger partial charge on any atom is -0.479 e. The lowest BCUT2D eigenvalue weighted by Gasteiger charge is -2.38. The van der Waals surface area contributed by atoms with Crippen molar-refractivity contribution in [2.24, 2.45) is 5.92 Å². The molecule has 1 aliphatic heterocycles. The fraction of sp³-hybridized carbons (Fsp3) is 0.559. The normalized spacial score (nSPS) is 24.5. The summed E-state index contributed by atoms with van der Waals surface area (Å²) in [6.45, 7) is -0.0292. The van der Waals surface area contributed by atoms with Crippen molar-refractivity contribution < 1.29 is 57.4 Å². The molecular formula is C34H47N7O12S. The third-order valence-electron chi connectivity index (χ3n) is 9.92. The minimum absolute atomic E-state index is 0.0809. The van der Waals surface area contributed by atoms with Gasteiger partial charge in [0.2, 0.25) is 16.3 Å². The molecule has 2 amide bonds. The number of nitrogens with one attached hydrogen (secondary N) is 1. The molecule has 2 aliphatic rings. The molecule has 19 nitrogen and oxygen atoms in total. The van der Waals surface area contributed by atoms with Crippen molar-refractivity contribution in [1.29, 1.82) is 0 Å². The molecule has 3 heterocycles. The number of carbonyl (C=O) groups is 3. The number of rotatable bonds is 13. The number of aliphatic hydroxyl groups is 3. The Balaban J connectivity index is 1.14. The number of benzene rings is 1. The number of aliphatic hydroxyl groups excluding tert-OH is 3. The number of ether oxygens (including phenoxy) is 3. The van der Waals surface area contributed by atoms with Gasteiger partial charge in [-0.15, -0.1) is 0 Å². The number of fused-ring (bicyclic) bond motifs is 1. The van der Waals surface area contributed by atoms with Gasteiger partial charge in [0.05, 0.1) is 11.1 Å². The van der Waals surface area contributed by atoms with Crippen LogP contribution in [0.25, 0.3) is 11.0 Å². The predicted octanol–water partition coefficient (Wildman–Crippen LogP) is 0.415. The molecule has 296 valence electrons. The molecule has 5 N–H and O–H groups in total. The monoisotopic (exact) mass is 777 g/mol. The third kappa shape index (κ3) is 9.19. The molecule has 54 heavy (non-hydrogen) atoms. The van der Waals surface area contributed by atoms with E-state index in [1.165, 1.54) is 40.9 Å². The van der Waals surface area contributed by atoms with Crippen LogP contribution in [-0.4, -0.2) is 155 Å². The van der Waals surface area contributed by atoms with E-state index in [2.05, 4.69) is 19.6 Å². The van der Waals surface area contributed by atoms with E-state index in [1.54, 1.807) is 37.5 Å². The Morgan fingerprint density at radius 2 is 1.65 bits per heavy atom. The van der Waals surface area contributed by atoms with Gasteiger partial charge >= 0.3 is 18.1 Å². The van der Waals surface area contributed by atoms with Gasteiger partial charge in [0.15, 0.2) is 11.8 Å². The van der Waals surface area contributed by atoms with Crippen molar-refractivity contribution in [3.63, 3.8) is 0 Å². The zero-order valence-corrected chi connectivity index (χ0v) is 31.2. The van der Waals surface area contributed by atoms with Crippen LogP contribution in [-0.2, 0) is 30.9 Å². The highest BCUT2D eigenvalue weighted by molar-refractivity contribution is 7.89. The second kappa shape index (κ2) is 17.2. The number of amides is 2. The largest absolute Gasteiger partial charge is 0.479 e. The fourth-order valence-electron chi connectivity index (χ4n) is 6.57. The lowest BCUT2D eigenvalue weighted by molar-refractivity contribution is -0.271. The number of aliphatic carboxylic acids is 1. The van der Waals surface area contributed by atoms with E-state index in [-0.39, 0.29) is 49.2 Å². The molecule has 3 aromatic rings. The maximum atomic E-state index is 13.5. The first-order valence-electron chi connectivity index (χ1n) is 17.4. The second-order valence-electron chi connectivity index (χ2n) is 13.5. The van der Waals surface area contributed by atoms with Gasteiger partial charge in [0, 0.05) is 52.0 Å². The van der Waals surface area contributed by atoms with Crippen molar-refractivity contribution in [2.75, 3.05) is 51.9 Å². The van der Waals surface area contributed by atoms with Gasteiger partial charge in [-0.1, -0.05) is 18.2 Å². The Morgan fingerprint density at radius 1 is 0.963 bits per heavy atom. The molecule has 5 atom stereocenters. The number of nitrogens with zero attached hydrogens (tertiary/aromatic N) is 6. The first kappa shape index (κ1) is 40.6. The number of carbonyl (C=O) groups excluding carboxylic acids is 2. The van der Waals surface area contributed by atoms with Crippen LogP contribution >= 0.6 is 0 Å². The summed E-state index contributed by atoms with van der Waals surface area (Å²) in [6, 6.07) is 7.81. The van der Waals surface area contributed by atoms with Crippen LogP contribution in [0.5, 0.6) is 5.75 Å². The molecule has 20 heteroatoms. The number of hydrogen-bond donors (Lipinski definition) is 5. The Labute approximate surface area is 312 Å². The van der Waals surface area contributed by atoms with Crippen molar-refractivity contribution >= 4 is 45.0 Å². The predicted molar refractivity (Wildman–Crippen MR) is 192 cm³/mol. The van der Waals surface area contributed by atoms with Crippen LogP contribution in [0.1, 0.15) is 31.2 Å². The molecule has 2 aromatic heterocycles. The van der Waals surface area contributed by atoms with E-state index in [9.17, 15) is 43.2 Å². The van der Waals surface area contributed by atoms with E-state index in [4.69, 9.17) is 14.2 Å². The number of sulfonamides is 1. The van der Waals surface area contributed by atoms with E-state index in [0.717, 1.165) is 25.7 Å². The van der Waals surface area contributed by atoms with Crippen LogP contribution < -0.4 is 14.4 Å². The number of hydrogen-bond acceptors (Lipinski definition) is 14. The molecule has 1 saturated carbocycles. The van der Waals surface area contributed by atoms with E-state index < -0.39 is 52.8 Å². The molecule has 1 aliphatic carbocycles. The molecule has 1 saturated heterocycles. The highest BCUT2D eigenvalue weighted by Gasteiger charge is 2.48. The van der Waals surface area contributed by atoms with Crippen molar-refractivity contribution in [1.82, 2.24) is 29.1 Å². The Hall–Kier alpha value is -4.60. The quantitative estimate of drug-likeness (QED) is 0.158. The van der Waals surface area contributed by atoms with E-state index >= 15 is 0 Å². The molecule has 0 bridgehead atoms. The summed E-state index contributed by atoms with van der Waals surface area (Å²) in [7, 11) is 3.18. The summed E-state index contributed by atoms with van der Waals surface area (Å²) in [5, 5.41) is 40.4. The molecule has 2 fully saturated rings. The highest BCUT2D eigenvalue weighted by atomic mass is 32.2. The number of carboxylic acids is 1. The Bertz CT molecular complexity index is 1900. The van der Waals surface area contributed by atoms with Crippen LogP contribution in [0, 0.1) is 5.92 Å². The SMILES string of the molecule is CNS(=O)(=O)CC1CCC(N(C)c2ncnc3c2ccn3C(=O)N(C)CCN(C)C(=O)OCc2ccccc2O[C@@H]2O[C@H](C(=O)O)[C@@H](O)[C@H](O)[C@H]2O)CC1. The number of para-hydroxylation sites is 1. The summed E-state index contributed by atoms with van der Waals surface area (Å²) in [5.74, 6) is -0.608. The smallest absolute Gasteiger partial charge is 0.409 e. The van der Waals surface area contributed by atoms with Crippen LogP contribution in [0.2, 0.25) is 0 Å². The zero-order valence-electron chi connectivity index (χ0n) is 30.4. The first-order valence-corrected chi connectivity index (χ1v) is 19.0. The lowest BCUT2D eigenvalue weighted by atomic mass is 9.86. The maximum Gasteiger partial charge on any atom is 0.409 e. The van der Waals surface area contributed by atoms with Crippen molar-refractivity contribution in [3.8, 4) is 5.75 Å². The summed E-state index contributed by atoms with van der Waals surface area (Å²) in [4.78, 5) is 51.5. The summed E-state index contributed by atoms with van der Waals surface area (Å²) in [6.07, 6.45) is -3.53. The minimum atomic E-state index is -3.28. The number of aromatic nitrogens is 3. The molecule has 1 aromatic carbocycles. The molecular weight excluding hydrogens is 730 g/mol. The molecule has 0 unspecified atom stereocenters. The summed E-state index contributed by atoms with van der Waals surface area (Å²) < 4.78 is 44.1. The van der Waals surface area contributed by atoms with Crippen molar-refractivity contribution in [3.05, 3.63) is 48.4 Å². The molecule has 5 rings (SSSR count). The topological polar surface area (TPSA) is 246 Å². The van der Waals surface area contributed by atoms with E-state index in [1.807, 2.05) is 7.05 Å². The molecule has 0 radical (unpaired) electrons. The van der Waals surface area contributed by atoms with Gasteiger partial charge in [0.25, 0.3) is 0 Å². The van der Waals surface area contributed by atoms with Crippen molar-refractivity contribution in [2.45, 2.75) is 69.0 Å². The van der Waals surface area contributed by atoms with Crippen LogP contribution in [0.15, 0.2) is 42.9 Å². The van der Waals surface area contributed by atoms with Gasteiger partial charge in [-0.05, 0) is 50.8 Å². The average Bonchev–Trinajstić information content (AvgIpc) is 3.60. The van der Waals surface area contributed by atoms with E-state index in [0.29, 0.717) is 22.4 Å². The fourth-order valence-corrected chi connectivity index (χ4v) is 7.69. The lowest BCUT2D eigenvalue weighted by Crippen LogP contribution is -2.61. The zero-order chi connectivity index (χ0) is 39.3. The Kier molecular flexibility index (Phi) is 13.0. The van der Waals surface area contributed by atoms with Gasteiger partial charge in [-0.2, -0.15) is 0 Å².